The van der Waals surface area contributed by atoms with Gasteiger partial charge in [0.2, 0.25) is 0 Å². The first-order valence-corrected chi connectivity index (χ1v) is 7.16. The second-order valence-electron chi connectivity index (χ2n) is 4.66. The Balaban J connectivity index is 2.11. The van der Waals surface area contributed by atoms with Crippen LogP contribution in [0.25, 0.3) is 6.08 Å². The topological polar surface area (TPSA) is 29.1 Å². The summed E-state index contributed by atoms with van der Waals surface area (Å²) >= 11 is 3.44. The zero-order valence-electron chi connectivity index (χ0n) is 11.5. The second-order valence-corrected chi connectivity index (χ2v) is 5.51. The second kappa shape index (κ2) is 6.53. The summed E-state index contributed by atoms with van der Waals surface area (Å²) in [5.41, 5.74) is 3.59. The SMILES string of the molecule is C/C(=C\c1ccccc1)C(=O)Nc1ccc(Br)c(C)c1. The minimum Gasteiger partial charge on any atom is -0.322 e. The molecule has 2 nitrogen and oxygen atoms in total. The number of anilines is 1. The van der Waals surface area contributed by atoms with Crippen LogP contribution in [-0.2, 0) is 4.79 Å². The Labute approximate surface area is 127 Å². The molecule has 0 aromatic heterocycles. The molecule has 0 heterocycles. The fourth-order valence-electron chi connectivity index (χ4n) is 1.82. The molecule has 0 aliphatic carbocycles. The van der Waals surface area contributed by atoms with Gasteiger partial charge in [0.25, 0.3) is 5.91 Å². The molecule has 0 aliphatic heterocycles. The van der Waals surface area contributed by atoms with Gasteiger partial charge in [0.1, 0.15) is 0 Å². The number of hydrogen-bond donors (Lipinski definition) is 1. The van der Waals surface area contributed by atoms with E-state index in [2.05, 4.69) is 21.2 Å². The van der Waals surface area contributed by atoms with E-state index >= 15 is 0 Å². The van der Waals surface area contributed by atoms with Crippen LogP contribution in [-0.4, -0.2) is 5.91 Å². The molecule has 1 amide bonds. The van der Waals surface area contributed by atoms with Gasteiger partial charge in [-0.2, -0.15) is 0 Å². The molecule has 0 spiro atoms. The van der Waals surface area contributed by atoms with Crippen LogP contribution in [0.3, 0.4) is 0 Å². The molecule has 1 N–H and O–H groups in total. The maximum Gasteiger partial charge on any atom is 0.251 e. The summed E-state index contributed by atoms with van der Waals surface area (Å²) in [5, 5.41) is 2.90. The maximum atomic E-state index is 12.1. The van der Waals surface area contributed by atoms with Crippen molar-refractivity contribution in [3.63, 3.8) is 0 Å². The lowest BCUT2D eigenvalue weighted by Gasteiger charge is -2.07. The monoisotopic (exact) mass is 329 g/mol. The van der Waals surface area contributed by atoms with Crippen molar-refractivity contribution in [2.45, 2.75) is 13.8 Å². The highest BCUT2D eigenvalue weighted by atomic mass is 79.9. The summed E-state index contributed by atoms with van der Waals surface area (Å²) in [4.78, 5) is 12.1. The molecular weight excluding hydrogens is 314 g/mol. The molecule has 0 unspecified atom stereocenters. The molecule has 0 saturated carbocycles. The van der Waals surface area contributed by atoms with Gasteiger partial charge in [-0.15, -0.1) is 0 Å². The number of carbonyl (C=O) groups is 1. The third-order valence-electron chi connectivity index (χ3n) is 2.96. The van der Waals surface area contributed by atoms with Crippen molar-refractivity contribution in [3.8, 4) is 0 Å². The van der Waals surface area contributed by atoms with Crippen LogP contribution in [0, 0.1) is 6.92 Å². The number of halogens is 1. The van der Waals surface area contributed by atoms with E-state index < -0.39 is 0 Å². The average Bonchev–Trinajstić information content (AvgIpc) is 2.44. The number of carbonyl (C=O) groups excluding carboxylic acids is 1. The van der Waals surface area contributed by atoms with E-state index in [1.807, 2.05) is 68.5 Å². The predicted molar refractivity (Wildman–Crippen MR) is 87.6 cm³/mol. The summed E-state index contributed by atoms with van der Waals surface area (Å²) in [6.07, 6.45) is 1.88. The van der Waals surface area contributed by atoms with Gasteiger partial charge >= 0.3 is 0 Å². The highest BCUT2D eigenvalue weighted by Gasteiger charge is 2.05. The van der Waals surface area contributed by atoms with E-state index in [-0.39, 0.29) is 5.91 Å². The number of nitrogens with one attached hydrogen (secondary N) is 1. The lowest BCUT2D eigenvalue weighted by molar-refractivity contribution is -0.112. The number of benzene rings is 2. The molecule has 2 rings (SSSR count). The molecule has 0 fully saturated rings. The normalized spacial score (nSPS) is 11.2. The smallest absolute Gasteiger partial charge is 0.251 e. The van der Waals surface area contributed by atoms with Crippen LogP contribution < -0.4 is 5.32 Å². The Morgan fingerprint density at radius 2 is 1.85 bits per heavy atom. The lowest BCUT2D eigenvalue weighted by Crippen LogP contribution is -2.12. The van der Waals surface area contributed by atoms with Gasteiger partial charge in [-0.3, -0.25) is 4.79 Å². The van der Waals surface area contributed by atoms with Gasteiger partial charge in [-0.05, 0) is 49.2 Å². The molecule has 0 atom stereocenters. The largest absolute Gasteiger partial charge is 0.322 e. The van der Waals surface area contributed by atoms with Crippen molar-refractivity contribution in [2.24, 2.45) is 0 Å². The van der Waals surface area contributed by atoms with Crippen molar-refractivity contribution in [2.75, 3.05) is 5.32 Å². The van der Waals surface area contributed by atoms with Crippen LogP contribution in [0.4, 0.5) is 5.69 Å². The molecule has 0 saturated heterocycles. The highest BCUT2D eigenvalue weighted by Crippen LogP contribution is 2.20. The Kier molecular flexibility index (Phi) is 4.74. The van der Waals surface area contributed by atoms with Crippen molar-refractivity contribution in [1.29, 1.82) is 0 Å². The zero-order chi connectivity index (χ0) is 14.5. The van der Waals surface area contributed by atoms with Gasteiger partial charge < -0.3 is 5.32 Å². The molecule has 2 aromatic carbocycles. The summed E-state index contributed by atoms with van der Waals surface area (Å²) in [7, 11) is 0. The van der Waals surface area contributed by atoms with Gasteiger partial charge in [0.05, 0.1) is 0 Å². The number of amides is 1. The molecule has 0 bridgehead atoms. The third kappa shape index (κ3) is 3.81. The number of hydrogen-bond acceptors (Lipinski definition) is 1. The summed E-state index contributed by atoms with van der Waals surface area (Å²) < 4.78 is 1.03. The summed E-state index contributed by atoms with van der Waals surface area (Å²) in [5.74, 6) is -0.0874. The number of rotatable bonds is 3. The zero-order valence-corrected chi connectivity index (χ0v) is 13.1. The fourth-order valence-corrected chi connectivity index (χ4v) is 2.06. The van der Waals surface area contributed by atoms with Crippen molar-refractivity contribution >= 4 is 33.6 Å². The Morgan fingerprint density at radius 1 is 1.15 bits per heavy atom. The molecule has 3 heteroatoms. The molecule has 0 aliphatic rings. The fraction of sp³-hybridized carbons (Fsp3) is 0.118. The van der Waals surface area contributed by atoms with Crippen LogP contribution >= 0.6 is 15.9 Å². The quantitative estimate of drug-likeness (QED) is 0.805. The van der Waals surface area contributed by atoms with Crippen molar-refractivity contribution in [1.82, 2.24) is 0 Å². The van der Waals surface area contributed by atoms with Crippen molar-refractivity contribution < 1.29 is 4.79 Å². The molecular formula is C17H16BrNO. The van der Waals surface area contributed by atoms with E-state index in [4.69, 9.17) is 0 Å². The molecule has 20 heavy (non-hydrogen) atoms. The standard InChI is InChI=1S/C17H16BrNO/c1-12-11-15(8-9-16(12)18)19-17(20)13(2)10-14-6-4-3-5-7-14/h3-11H,1-2H3,(H,19,20)/b13-10+. The molecule has 0 radical (unpaired) electrons. The molecule has 102 valence electrons. The first-order chi connectivity index (χ1) is 9.56. The Bertz CT molecular complexity index is 647. The van der Waals surface area contributed by atoms with Gasteiger partial charge in [-0.25, -0.2) is 0 Å². The Hall–Kier alpha value is -1.87. The predicted octanol–water partition coefficient (Wildman–Crippen LogP) is 4.80. The minimum atomic E-state index is -0.0874. The van der Waals surface area contributed by atoms with E-state index in [0.29, 0.717) is 5.57 Å². The molecule has 2 aromatic rings. The summed E-state index contributed by atoms with van der Waals surface area (Å²) in [6.45, 7) is 3.81. The minimum absolute atomic E-state index is 0.0874. The van der Waals surface area contributed by atoms with E-state index in [1.165, 1.54) is 0 Å². The first-order valence-electron chi connectivity index (χ1n) is 6.37. The van der Waals surface area contributed by atoms with Crippen LogP contribution in [0.2, 0.25) is 0 Å². The van der Waals surface area contributed by atoms with Crippen molar-refractivity contribution in [3.05, 3.63) is 69.7 Å². The van der Waals surface area contributed by atoms with Crippen LogP contribution in [0.15, 0.2) is 58.6 Å². The van der Waals surface area contributed by atoms with Crippen LogP contribution in [0.1, 0.15) is 18.1 Å². The van der Waals surface area contributed by atoms with Crippen LogP contribution in [0.5, 0.6) is 0 Å². The van der Waals surface area contributed by atoms with E-state index in [0.717, 1.165) is 21.3 Å². The van der Waals surface area contributed by atoms with Gasteiger partial charge in [0.15, 0.2) is 0 Å². The maximum absolute atomic E-state index is 12.1. The Morgan fingerprint density at radius 3 is 2.50 bits per heavy atom. The number of aryl methyl sites for hydroxylation is 1. The first kappa shape index (κ1) is 14.5. The average molecular weight is 330 g/mol. The van der Waals surface area contributed by atoms with E-state index in [9.17, 15) is 4.79 Å². The summed E-state index contributed by atoms with van der Waals surface area (Å²) in [6, 6.07) is 15.6. The lowest BCUT2D eigenvalue weighted by atomic mass is 10.1. The van der Waals surface area contributed by atoms with Gasteiger partial charge in [-0.1, -0.05) is 46.3 Å². The third-order valence-corrected chi connectivity index (χ3v) is 3.85. The van der Waals surface area contributed by atoms with Gasteiger partial charge in [0, 0.05) is 15.7 Å². The highest BCUT2D eigenvalue weighted by molar-refractivity contribution is 9.10. The van der Waals surface area contributed by atoms with E-state index in [1.54, 1.807) is 0 Å².